The molecule has 24 heavy (non-hydrogen) atoms. The zero-order valence-corrected chi connectivity index (χ0v) is 15.0. The maximum Gasteiger partial charge on any atom is 0.225 e. The fraction of sp³-hybridized carbons (Fsp3) is 0.350. The van der Waals surface area contributed by atoms with Crippen molar-refractivity contribution in [1.29, 1.82) is 0 Å². The summed E-state index contributed by atoms with van der Waals surface area (Å²) in [6.07, 6.45) is 0.966. The highest BCUT2D eigenvalue weighted by Gasteiger charge is 2.14. The first-order valence-corrected chi connectivity index (χ1v) is 8.55. The summed E-state index contributed by atoms with van der Waals surface area (Å²) in [6, 6.07) is 12.5. The Morgan fingerprint density at radius 3 is 2.38 bits per heavy atom. The molecular weight excluding hydrogens is 325 g/mol. The van der Waals surface area contributed by atoms with Crippen LogP contribution in [0.4, 0.5) is 4.39 Å². The minimum Gasteiger partial charge on any atom is -0.349 e. The second kappa shape index (κ2) is 8.29. The Kier molecular flexibility index (Phi) is 6.38. The van der Waals surface area contributed by atoms with Gasteiger partial charge in [0, 0.05) is 10.6 Å². The Morgan fingerprint density at radius 2 is 1.79 bits per heavy atom. The van der Waals surface area contributed by atoms with Crippen molar-refractivity contribution in [3.63, 3.8) is 0 Å². The largest absolute Gasteiger partial charge is 0.349 e. The van der Waals surface area contributed by atoms with Gasteiger partial charge in [-0.3, -0.25) is 4.79 Å². The smallest absolute Gasteiger partial charge is 0.225 e. The van der Waals surface area contributed by atoms with E-state index in [2.05, 4.69) is 31.3 Å². The zero-order chi connectivity index (χ0) is 17.7. The van der Waals surface area contributed by atoms with E-state index in [9.17, 15) is 9.18 Å². The van der Waals surface area contributed by atoms with Gasteiger partial charge in [0.2, 0.25) is 5.91 Å². The summed E-state index contributed by atoms with van der Waals surface area (Å²) in [7, 11) is 0. The van der Waals surface area contributed by atoms with E-state index in [1.54, 1.807) is 6.07 Å². The Balaban J connectivity index is 1.98. The van der Waals surface area contributed by atoms with E-state index in [0.717, 1.165) is 12.0 Å². The van der Waals surface area contributed by atoms with Crippen LogP contribution in [-0.2, 0) is 17.6 Å². The molecule has 0 aromatic heterocycles. The van der Waals surface area contributed by atoms with Gasteiger partial charge in [-0.15, -0.1) is 0 Å². The Morgan fingerprint density at radius 1 is 1.12 bits per heavy atom. The molecule has 0 bridgehead atoms. The standard InChI is InChI=1S/C20H23ClFNO/c1-13(2)11-15-7-9-16(10-8-15)14(3)23-20(24)12-17-18(21)5-4-6-19(17)22/h4-10,13-14H,11-12H2,1-3H3,(H,23,24)/t14-/m1/s1. The highest BCUT2D eigenvalue weighted by atomic mass is 35.5. The van der Waals surface area contributed by atoms with Gasteiger partial charge in [-0.1, -0.05) is 55.8 Å². The lowest BCUT2D eigenvalue weighted by Crippen LogP contribution is -2.28. The molecule has 0 fully saturated rings. The summed E-state index contributed by atoms with van der Waals surface area (Å²) in [5.74, 6) is -0.0948. The van der Waals surface area contributed by atoms with E-state index in [0.29, 0.717) is 5.92 Å². The maximum absolute atomic E-state index is 13.8. The van der Waals surface area contributed by atoms with Gasteiger partial charge < -0.3 is 5.32 Å². The van der Waals surface area contributed by atoms with Crippen molar-refractivity contribution in [2.24, 2.45) is 5.92 Å². The molecule has 2 aromatic rings. The van der Waals surface area contributed by atoms with Gasteiger partial charge in [-0.2, -0.15) is 0 Å². The van der Waals surface area contributed by atoms with E-state index in [1.807, 2.05) is 19.1 Å². The average Bonchev–Trinajstić information content (AvgIpc) is 2.51. The molecule has 1 N–H and O–H groups in total. The predicted octanol–water partition coefficient (Wildman–Crippen LogP) is 5.10. The lowest BCUT2D eigenvalue weighted by molar-refractivity contribution is -0.121. The molecule has 0 aliphatic carbocycles. The van der Waals surface area contributed by atoms with Gasteiger partial charge in [0.25, 0.3) is 0 Å². The molecule has 2 aromatic carbocycles. The maximum atomic E-state index is 13.8. The van der Waals surface area contributed by atoms with Crippen molar-refractivity contribution in [2.45, 2.75) is 39.7 Å². The molecule has 0 saturated carbocycles. The van der Waals surface area contributed by atoms with Gasteiger partial charge in [0.15, 0.2) is 0 Å². The van der Waals surface area contributed by atoms with Crippen LogP contribution in [-0.4, -0.2) is 5.91 Å². The fourth-order valence-electron chi connectivity index (χ4n) is 2.65. The quantitative estimate of drug-likeness (QED) is 0.774. The molecule has 2 rings (SSSR count). The van der Waals surface area contributed by atoms with Crippen LogP contribution in [0.15, 0.2) is 42.5 Å². The molecule has 1 amide bonds. The number of rotatable bonds is 6. The van der Waals surface area contributed by atoms with Crippen molar-refractivity contribution < 1.29 is 9.18 Å². The highest BCUT2D eigenvalue weighted by Crippen LogP contribution is 2.20. The van der Waals surface area contributed by atoms with E-state index < -0.39 is 5.82 Å². The molecule has 4 heteroatoms. The van der Waals surface area contributed by atoms with E-state index in [-0.39, 0.29) is 29.0 Å². The molecule has 1 atom stereocenters. The minimum absolute atomic E-state index is 0.0682. The number of hydrogen-bond acceptors (Lipinski definition) is 1. The molecule has 0 spiro atoms. The number of amides is 1. The van der Waals surface area contributed by atoms with Crippen LogP contribution < -0.4 is 5.32 Å². The molecule has 0 unspecified atom stereocenters. The third kappa shape index (κ3) is 5.07. The highest BCUT2D eigenvalue weighted by molar-refractivity contribution is 6.31. The summed E-state index contributed by atoms with van der Waals surface area (Å²) >= 11 is 5.97. The minimum atomic E-state index is -0.455. The monoisotopic (exact) mass is 347 g/mol. The van der Waals surface area contributed by atoms with E-state index >= 15 is 0 Å². The zero-order valence-electron chi connectivity index (χ0n) is 14.3. The molecule has 2 nitrogen and oxygen atoms in total. The van der Waals surface area contributed by atoms with Gasteiger partial charge in [-0.25, -0.2) is 4.39 Å². The number of nitrogens with one attached hydrogen (secondary N) is 1. The molecule has 0 aliphatic rings. The fourth-order valence-corrected chi connectivity index (χ4v) is 2.88. The van der Waals surface area contributed by atoms with Gasteiger partial charge in [-0.05, 0) is 42.5 Å². The normalized spacial score (nSPS) is 12.2. The van der Waals surface area contributed by atoms with E-state index in [4.69, 9.17) is 11.6 Å². The van der Waals surface area contributed by atoms with Crippen molar-refractivity contribution in [1.82, 2.24) is 5.32 Å². The van der Waals surface area contributed by atoms with E-state index in [1.165, 1.54) is 17.7 Å². The van der Waals surface area contributed by atoms with Crippen LogP contribution in [0, 0.1) is 11.7 Å². The molecule has 0 radical (unpaired) electrons. The van der Waals surface area contributed by atoms with Gasteiger partial charge in [0.05, 0.1) is 12.5 Å². The van der Waals surface area contributed by atoms with Crippen LogP contribution in [0.3, 0.4) is 0 Å². The Bertz CT molecular complexity index is 677. The average molecular weight is 348 g/mol. The molecular formula is C20H23ClFNO. The number of carbonyl (C=O) groups excluding carboxylic acids is 1. The summed E-state index contributed by atoms with van der Waals surface area (Å²) in [6.45, 7) is 6.29. The topological polar surface area (TPSA) is 29.1 Å². The molecule has 0 heterocycles. The summed E-state index contributed by atoms with van der Waals surface area (Å²) in [5, 5.41) is 3.17. The van der Waals surface area contributed by atoms with Crippen molar-refractivity contribution in [2.75, 3.05) is 0 Å². The van der Waals surface area contributed by atoms with Gasteiger partial charge in [0.1, 0.15) is 5.82 Å². The van der Waals surface area contributed by atoms with Crippen molar-refractivity contribution >= 4 is 17.5 Å². The van der Waals surface area contributed by atoms with Crippen LogP contribution >= 0.6 is 11.6 Å². The van der Waals surface area contributed by atoms with Crippen LogP contribution in [0.25, 0.3) is 0 Å². The van der Waals surface area contributed by atoms with Gasteiger partial charge >= 0.3 is 0 Å². The number of carbonyl (C=O) groups is 1. The number of hydrogen-bond donors (Lipinski definition) is 1. The third-order valence-corrected chi connectivity index (χ3v) is 4.25. The Hall–Kier alpha value is -1.87. The number of halogens is 2. The third-order valence-electron chi connectivity index (χ3n) is 3.90. The summed E-state index contributed by atoms with van der Waals surface area (Å²) in [5.41, 5.74) is 2.54. The predicted molar refractivity (Wildman–Crippen MR) is 96.7 cm³/mol. The SMILES string of the molecule is CC(C)Cc1ccc([C@@H](C)NC(=O)Cc2c(F)cccc2Cl)cc1. The lowest BCUT2D eigenvalue weighted by Gasteiger charge is -2.16. The van der Waals surface area contributed by atoms with Crippen LogP contribution in [0.5, 0.6) is 0 Å². The first kappa shape index (κ1) is 18.5. The van der Waals surface area contributed by atoms with Crippen molar-refractivity contribution in [3.8, 4) is 0 Å². The van der Waals surface area contributed by atoms with Crippen LogP contribution in [0.1, 0.15) is 43.5 Å². The lowest BCUT2D eigenvalue weighted by atomic mass is 10.00. The molecule has 0 aliphatic heterocycles. The summed E-state index contributed by atoms with van der Waals surface area (Å²) in [4.78, 5) is 12.2. The number of benzene rings is 2. The first-order chi connectivity index (χ1) is 11.4. The second-order valence-corrected chi connectivity index (χ2v) is 6.91. The molecule has 128 valence electrons. The Labute approximate surface area is 148 Å². The first-order valence-electron chi connectivity index (χ1n) is 8.18. The summed E-state index contributed by atoms with van der Waals surface area (Å²) < 4.78 is 13.8. The molecule has 0 saturated heterocycles. The second-order valence-electron chi connectivity index (χ2n) is 6.51. The van der Waals surface area contributed by atoms with Crippen molar-refractivity contribution in [3.05, 3.63) is 70.0 Å². The van der Waals surface area contributed by atoms with Crippen LogP contribution in [0.2, 0.25) is 5.02 Å².